The maximum atomic E-state index is 12.5. The molecule has 0 bridgehead atoms. The Balaban J connectivity index is 3.37. The molecule has 0 saturated heterocycles. The third kappa shape index (κ3) is 69.1. The predicted molar refractivity (Wildman–Crippen MR) is 366 cm³/mol. The van der Waals surface area contributed by atoms with Gasteiger partial charge in [-0.15, -0.1) is 0 Å². The standard InChI is InChI=1S/C77H147NO5/c1-3-5-7-9-11-13-15-16-17-43-46-50-53-57-61-65-69-75(80)74(73-79)78-76(81)70-66-62-58-54-51-47-44-41-39-37-35-33-31-29-27-25-23-21-19-18-20-22-24-26-28-30-32-34-36-38-40-42-45-48-52-56-60-64-68-72-83-77(82)71-67-63-59-55-49-14-12-10-8-6-4-2/h18-19,22,24,65,69,74-75,79-80H,3-17,20-21,23,25-64,66-68,70-73H2,1-2H3,(H,78,81)/b19-18-,24-22-,69-65+. The van der Waals surface area contributed by atoms with Crippen LogP contribution in [0.25, 0.3) is 0 Å². The van der Waals surface area contributed by atoms with E-state index in [2.05, 4.69) is 43.5 Å². The van der Waals surface area contributed by atoms with Gasteiger partial charge in [-0.1, -0.05) is 378 Å². The number of ether oxygens (including phenoxy) is 1. The number of carbonyl (C=O) groups is 2. The van der Waals surface area contributed by atoms with Crippen molar-refractivity contribution in [3.63, 3.8) is 0 Å². The molecule has 3 N–H and O–H groups in total. The number of rotatable bonds is 71. The molecule has 6 heteroatoms. The van der Waals surface area contributed by atoms with Gasteiger partial charge in [0.05, 0.1) is 25.4 Å². The number of hydrogen-bond donors (Lipinski definition) is 3. The molecule has 0 rings (SSSR count). The molecule has 0 radical (unpaired) electrons. The van der Waals surface area contributed by atoms with E-state index >= 15 is 0 Å². The number of hydrogen-bond acceptors (Lipinski definition) is 5. The molecule has 490 valence electrons. The summed E-state index contributed by atoms with van der Waals surface area (Å²) < 4.78 is 5.48. The van der Waals surface area contributed by atoms with Crippen LogP contribution in [0.5, 0.6) is 0 Å². The number of allylic oxidation sites excluding steroid dienone is 5. The zero-order valence-electron chi connectivity index (χ0n) is 56.2. The number of amides is 1. The number of unbranched alkanes of at least 4 members (excludes halogenated alkanes) is 56. The minimum Gasteiger partial charge on any atom is -0.466 e. The maximum Gasteiger partial charge on any atom is 0.305 e. The van der Waals surface area contributed by atoms with Crippen LogP contribution in [0.15, 0.2) is 36.5 Å². The van der Waals surface area contributed by atoms with Crippen LogP contribution >= 0.6 is 0 Å². The summed E-state index contributed by atoms with van der Waals surface area (Å²) in [5.41, 5.74) is 0. The van der Waals surface area contributed by atoms with E-state index in [0.29, 0.717) is 19.4 Å². The first-order chi connectivity index (χ1) is 41.0. The van der Waals surface area contributed by atoms with Crippen molar-refractivity contribution in [1.82, 2.24) is 5.32 Å². The van der Waals surface area contributed by atoms with Crippen molar-refractivity contribution >= 4 is 11.9 Å². The van der Waals surface area contributed by atoms with Crippen molar-refractivity contribution in [2.24, 2.45) is 0 Å². The van der Waals surface area contributed by atoms with Crippen LogP contribution in [-0.2, 0) is 14.3 Å². The van der Waals surface area contributed by atoms with Gasteiger partial charge in [-0.2, -0.15) is 0 Å². The van der Waals surface area contributed by atoms with Gasteiger partial charge in [-0.3, -0.25) is 9.59 Å². The summed E-state index contributed by atoms with van der Waals surface area (Å²) in [4.78, 5) is 24.5. The van der Waals surface area contributed by atoms with E-state index in [1.165, 1.54) is 347 Å². The van der Waals surface area contributed by atoms with E-state index in [1.54, 1.807) is 6.08 Å². The highest BCUT2D eigenvalue weighted by atomic mass is 16.5. The topological polar surface area (TPSA) is 95.9 Å². The lowest BCUT2D eigenvalue weighted by atomic mass is 10.0. The van der Waals surface area contributed by atoms with Gasteiger partial charge in [0.25, 0.3) is 0 Å². The molecule has 2 atom stereocenters. The molecule has 0 spiro atoms. The first kappa shape index (κ1) is 81.1. The lowest BCUT2D eigenvalue weighted by molar-refractivity contribution is -0.143. The van der Waals surface area contributed by atoms with Crippen LogP contribution in [0.4, 0.5) is 0 Å². The Morgan fingerprint density at radius 3 is 0.916 bits per heavy atom. The van der Waals surface area contributed by atoms with Gasteiger partial charge in [0.2, 0.25) is 5.91 Å². The molecule has 2 unspecified atom stereocenters. The molecule has 0 aromatic carbocycles. The zero-order chi connectivity index (χ0) is 59.9. The lowest BCUT2D eigenvalue weighted by Crippen LogP contribution is -2.45. The highest BCUT2D eigenvalue weighted by Gasteiger charge is 2.18. The second kappa shape index (κ2) is 72.6. The highest BCUT2D eigenvalue weighted by Crippen LogP contribution is 2.19. The fourth-order valence-electron chi connectivity index (χ4n) is 11.9. The molecular formula is C77H147NO5. The van der Waals surface area contributed by atoms with Crippen molar-refractivity contribution in [3.8, 4) is 0 Å². The van der Waals surface area contributed by atoms with E-state index < -0.39 is 12.1 Å². The first-order valence-corrected chi connectivity index (χ1v) is 37.8. The van der Waals surface area contributed by atoms with E-state index in [1.807, 2.05) is 6.08 Å². The molecular weight excluding hydrogens is 1020 g/mol. The van der Waals surface area contributed by atoms with E-state index in [9.17, 15) is 19.8 Å². The Bertz CT molecular complexity index is 1340. The van der Waals surface area contributed by atoms with Crippen molar-refractivity contribution < 1.29 is 24.5 Å². The summed E-state index contributed by atoms with van der Waals surface area (Å²) in [5, 5.41) is 23.2. The Morgan fingerprint density at radius 2 is 0.602 bits per heavy atom. The van der Waals surface area contributed by atoms with Crippen molar-refractivity contribution in [2.45, 2.75) is 431 Å². The van der Waals surface area contributed by atoms with Gasteiger partial charge in [0.15, 0.2) is 0 Å². The summed E-state index contributed by atoms with van der Waals surface area (Å²) in [6, 6.07) is -0.626. The number of aliphatic hydroxyl groups is 2. The third-order valence-corrected chi connectivity index (χ3v) is 17.7. The van der Waals surface area contributed by atoms with Crippen molar-refractivity contribution in [2.75, 3.05) is 13.2 Å². The molecule has 0 aliphatic heterocycles. The zero-order valence-corrected chi connectivity index (χ0v) is 56.2. The number of aliphatic hydroxyl groups excluding tert-OH is 2. The largest absolute Gasteiger partial charge is 0.466 e. The van der Waals surface area contributed by atoms with Gasteiger partial charge < -0.3 is 20.3 Å². The Labute approximate surface area is 519 Å². The van der Waals surface area contributed by atoms with Gasteiger partial charge in [0, 0.05) is 12.8 Å². The van der Waals surface area contributed by atoms with Gasteiger partial charge in [0.1, 0.15) is 0 Å². The van der Waals surface area contributed by atoms with Crippen LogP contribution in [0.3, 0.4) is 0 Å². The van der Waals surface area contributed by atoms with Crippen LogP contribution in [0, 0.1) is 0 Å². The summed E-state index contributed by atoms with van der Waals surface area (Å²) in [5.74, 6) is -0.0418. The molecule has 0 aliphatic rings. The SMILES string of the molecule is CCCCCCCCCCCCCCCC/C=C/C(O)C(CO)NC(=O)CCCCCCCCCCCCCCCCCCC/C=C\C/C=C\CCCCCCCCCCCCCCCCCOC(=O)CCCCCCCCCCCCC. The van der Waals surface area contributed by atoms with Crippen molar-refractivity contribution in [3.05, 3.63) is 36.5 Å². The molecule has 83 heavy (non-hydrogen) atoms. The molecule has 0 aliphatic carbocycles. The number of esters is 1. The summed E-state index contributed by atoms with van der Waals surface area (Å²) >= 11 is 0. The van der Waals surface area contributed by atoms with Crippen LogP contribution < -0.4 is 5.32 Å². The maximum absolute atomic E-state index is 12.5. The third-order valence-electron chi connectivity index (χ3n) is 17.7. The minimum absolute atomic E-state index is 0.0202. The predicted octanol–water partition coefficient (Wildman–Crippen LogP) is 24.7. The molecule has 0 saturated carbocycles. The van der Waals surface area contributed by atoms with E-state index in [0.717, 1.165) is 44.9 Å². The number of carbonyl (C=O) groups excluding carboxylic acids is 2. The Morgan fingerprint density at radius 1 is 0.337 bits per heavy atom. The quantitative estimate of drug-likeness (QED) is 0.0320. The molecule has 1 amide bonds. The second-order valence-corrected chi connectivity index (χ2v) is 26.0. The summed E-state index contributed by atoms with van der Waals surface area (Å²) in [6.45, 7) is 4.94. The summed E-state index contributed by atoms with van der Waals surface area (Å²) in [6.07, 6.45) is 94.0. The highest BCUT2D eigenvalue weighted by molar-refractivity contribution is 5.76. The molecule has 0 aromatic heterocycles. The lowest BCUT2D eigenvalue weighted by Gasteiger charge is -2.20. The number of nitrogens with one attached hydrogen (secondary N) is 1. The molecule has 0 aromatic rings. The fraction of sp³-hybridized carbons (Fsp3) is 0.896. The van der Waals surface area contributed by atoms with Crippen LogP contribution in [0.2, 0.25) is 0 Å². The van der Waals surface area contributed by atoms with Crippen molar-refractivity contribution in [1.29, 1.82) is 0 Å². The molecule has 0 heterocycles. The van der Waals surface area contributed by atoms with Crippen LogP contribution in [0.1, 0.15) is 418 Å². The fourth-order valence-corrected chi connectivity index (χ4v) is 11.9. The summed E-state index contributed by atoms with van der Waals surface area (Å²) in [7, 11) is 0. The van der Waals surface area contributed by atoms with Gasteiger partial charge in [-0.25, -0.2) is 0 Å². The first-order valence-electron chi connectivity index (χ1n) is 37.8. The Kier molecular flexibility index (Phi) is 70.9. The minimum atomic E-state index is -0.842. The smallest absolute Gasteiger partial charge is 0.305 e. The van der Waals surface area contributed by atoms with Gasteiger partial charge in [-0.05, 0) is 64.2 Å². The Hall–Kier alpha value is -1.92. The average Bonchev–Trinajstić information content (AvgIpc) is 3.50. The van der Waals surface area contributed by atoms with E-state index in [4.69, 9.17) is 4.74 Å². The second-order valence-electron chi connectivity index (χ2n) is 26.0. The molecule has 0 fully saturated rings. The normalized spacial score (nSPS) is 12.7. The monoisotopic (exact) mass is 1170 g/mol. The van der Waals surface area contributed by atoms with E-state index in [-0.39, 0.29) is 18.5 Å². The average molecular weight is 1170 g/mol. The van der Waals surface area contributed by atoms with Gasteiger partial charge >= 0.3 is 5.97 Å². The van der Waals surface area contributed by atoms with Crippen LogP contribution in [-0.4, -0.2) is 47.4 Å². The molecule has 6 nitrogen and oxygen atoms in total.